The number of hydrogen-bond donors (Lipinski definition) is 4. The van der Waals surface area contributed by atoms with Crippen LogP contribution < -0.4 is 16.9 Å². The Kier molecular flexibility index (Phi) is 19.4. The Bertz CT molecular complexity index is 2000. The number of rotatable bonds is 6. The summed E-state index contributed by atoms with van der Waals surface area (Å²) in [5, 5.41) is 15.1. The summed E-state index contributed by atoms with van der Waals surface area (Å²) in [6.45, 7) is 5.15. The summed E-state index contributed by atoms with van der Waals surface area (Å²) in [7, 11) is 0. The van der Waals surface area contributed by atoms with E-state index in [9.17, 15) is 4.79 Å². The Morgan fingerprint density at radius 3 is 2.15 bits per heavy atom. The molecule has 0 aliphatic heterocycles. The lowest BCUT2D eigenvalue weighted by atomic mass is 10.1. The number of thiazole rings is 2. The second-order valence-electron chi connectivity index (χ2n) is 7.53. The smallest absolute Gasteiger partial charge is 0.224 e. The number of terminal acetylenes is 1. The number of nitrogens with one attached hydrogen (secondary N) is 1. The van der Waals surface area contributed by atoms with Crippen molar-refractivity contribution in [3.8, 4) is 94.0 Å². The van der Waals surface area contributed by atoms with Crippen LogP contribution in [-0.4, -0.2) is 20.1 Å². The molecule has 46 heavy (non-hydrogen) atoms. The van der Waals surface area contributed by atoms with Crippen molar-refractivity contribution in [3.63, 3.8) is 0 Å². The molecule has 1 amide bonds. The summed E-state index contributed by atoms with van der Waals surface area (Å²) in [5.74, 6) is 36.4. The molecule has 5 N–H and O–H groups in total. The maximum atomic E-state index is 11.0. The lowest BCUT2D eigenvalue weighted by Gasteiger charge is -2.03. The van der Waals surface area contributed by atoms with Gasteiger partial charge in [0.25, 0.3) is 0 Å². The molecule has 0 radical (unpaired) electrons. The average Bonchev–Trinajstić information content (AvgIpc) is 3.64. The maximum absolute atomic E-state index is 11.0. The van der Waals surface area contributed by atoms with Gasteiger partial charge in [-0.15, -0.1) is 17.8 Å². The molecule has 238 valence electrons. The average molecular weight is 692 g/mol. The van der Waals surface area contributed by atoms with Crippen molar-refractivity contribution in [1.82, 2.24) is 9.97 Å². The van der Waals surface area contributed by atoms with E-state index in [4.69, 9.17) is 12.2 Å². The van der Waals surface area contributed by atoms with Crippen LogP contribution in [0.4, 0.5) is 10.8 Å². The Labute approximate surface area is 294 Å². The molecule has 0 spiro atoms. The van der Waals surface area contributed by atoms with E-state index in [1.807, 2.05) is 36.6 Å². The zero-order valence-electron chi connectivity index (χ0n) is 24.5. The lowest BCUT2D eigenvalue weighted by molar-refractivity contribution is -0.661. The first-order chi connectivity index (χ1) is 22.2. The fourth-order valence-corrected chi connectivity index (χ4v) is 4.44. The zero-order valence-corrected chi connectivity index (χ0v) is 27.8. The van der Waals surface area contributed by atoms with Gasteiger partial charge in [0.1, 0.15) is 0 Å². The van der Waals surface area contributed by atoms with E-state index >= 15 is 0 Å². The predicted octanol–water partition coefficient (Wildman–Crippen LogP) is 5.53. The Morgan fingerprint density at radius 2 is 1.67 bits per heavy atom. The van der Waals surface area contributed by atoms with E-state index in [2.05, 4.69) is 144 Å². The highest BCUT2D eigenvalue weighted by molar-refractivity contribution is 7.75. The van der Waals surface area contributed by atoms with Gasteiger partial charge in [0.15, 0.2) is 10.4 Å². The van der Waals surface area contributed by atoms with E-state index in [1.165, 1.54) is 18.3 Å². The number of nitrogens with two attached hydrogens (primary N) is 2. The third-order valence-corrected chi connectivity index (χ3v) is 6.55. The van der Waals surface area contributed by atoms with Crippen molar-refractivity contribution < 1.29 is 20.5 Å². The third-order valence-electron chi connectivity index (χ3n) is 4.28. The van der Waals surface area contributed by atoms with Crippen LogP contribution in [0, 0.1) is 90.3 Å². The van der Waals surface area contributed by atoms with Crippen LogP contribution >= 0.6 is 35.6 Å². The molecular weight excluding hydrogens is 659 g/mol. The van der Waals surface area contributed by atoms with Crippen molar-refractivity contribution in [2.45, 2.75) is 27.2 Å². The van der Waals surface area contributed by atoms with Crippen LogP contribution in [0.3, 0.4) is 0 Å². The summed E-state index contributed by atoms with van der Waals surface area (Å²) < 4.78 is 4.59. The van der Waals surface area contributed by atoms with E-state index < -0.39 is 0 Å². The van der Waals surface area contributed by atoms with E-state index in [0.717, 1.165) is 38.9 Å². The van der Waals surface area contributed by atoms with Gasteiger partial charge in [-0.3, -0.25) is 14.9 Å². The van der Waals surface area contributed by atoms with Gasteiger partial charge >= 0.3 is 0 Å². The molecule has 2 aromatic heterocycles. The van der Waals surface area contributed by atoms with Gasteiger partial charge in [-0.25, -0.2) is 9.97 Å². The molecule has 1 aromatic carbocycles. The first kappa shape index (κ1) is 38.1. The second kappa shape index (κ2) is 23.5. The molecule has 0 bridgehead atoms. The molecule has 15 heteroatoms. The summed E-state index contributed by atoms with van der Waals surface area (Å²) >= 11 is 10.6. The minimum atomic E-state index is -0.0680. The number of nitrogens with zero attached hydrogens (tertiary/aromatic N) is 6. The highest BCUT2D eigenvalue weighted by atomic mass is 32.1. The quantitative estimate of drug-likeness (QED) is 0.0387. The Morgan fingerprint density at radius 1 is 1.09 bits per heavy atom. The number of nitrogen functional groups attached to an aromatic ring is 1. The van der Waals surface area contributed by atoms with Crippen LogP contribution in [0.1, 0.15) is 37.2 Å². The second-order valence-corrected chi connectivity index (χ2v) is 9.98. The molecule has 0 unspecified atom stereocenters. The molecule has 3 rings (SSSR count). The van der Waals surface area contributed by atoms with Crippen molar-refractivity contribution in [1.29, 1.82) is 0 Å². The van der Waals surface area contributed by atoms with Gasteiger partial charge in [0.05, 0.1) is 39.4 Å². The molecule has 11 nitrogen and oxygen atoms in total. The van der Waals surface area contributed by atoms with Gasteiger partial charge in [-0.1, -0.05) is 33.7 Å². The molecule has 0 saturated carbocycles. The number of benzene rings is 1. The molecule has 0 aliphatic carbocycles. The summed E-state index contributed by atoms with van der Waals surface area (Å²) in [5.41, 5.74) is 9.56. The number of hydrogen-bond acceptors (Lipinski definition) is 10. The topological polar surface area (TPSA) is 156 Å². The first-order valence-corrected chi connectivity index (χ1v) is 14.7. The van der Waals surface area contributed by atoms with E-state index in [-0.39, 0.29) is 13.0 Å². The zero-order chi connectivity index (χ0) is 34.0. The minimum absolute atomic E-state index is 0. The monoisotopic (exact) mass is 691 g/mol. The van der Waals surface area contributed by atoms with Crippen molar-refractivity contribution in [3.05, 3.63) is 45.9 Å². The normalized spacial score (nSPS) is 8.72. The highest BCUT2D eigenvalue weighted by Crippen LogP contribution is 2.32. The molecule has 0 saturated heterocycles. The standard InChI is InChI=1S/C16H16N4OS2.C15H4.H3N5OS2.5H2/c1-9-15(23-16(17)18-9)13-8-22-14(20-13)7-11-3-5-12(6-4-11)19-10(2)21;1-3-5-7-9-11-13-15-14-12-10-8-6-4-2;1-2-3-4-5(7)6-8;;;;;/h3-6,8H,7H2,1-2H3,(H2,17,18)(H,19,21);1H,2H3;8H,(H2,1,3);5*1H. The molecule has 0 fully saturated rings. The molecule has 0 aliphatic rings. The SMILES string of the molecule is C#CC#CC#CC#CC#CC#CC#CC.CC(=O)Nc1ccc(Cc2nc(-c3sc(N)nc3C)cs2)cc1.NN=NN=[N+]([S-])OS.[HH].[HH].[HH].[HH].[HH]. The number of amides is 1. The number of carbonyl (C=O) groups is 1. The minimum Gasteiger partial charge on any atom is -0.479 e. The van der Waals surface area contributed by atoms with E-state index in [0.29, 0.717) is 9.40 Å². The molecular formula is C31H33N9O2S4. The molecule has 3 aromatic rings. The van der Waals surface area contributed by atoms with Crippen LogP contribution in [-0.2, 0) is 28.3 Å². The highest BCUT2D eigenvalue weighted by Gasteiger charge is 2.12. The van der Waals surface area contributed by atoms with Gasteiger partial charge in [-0.2, -0.15) is 0 Å². The van der Waals surface area contributed by atoms with Gasteiger partial charge in [0, 0.05) is 31.5 Å². The van der Waals surface area contributed by atoms with Crippen LogP contribution in [0.15, 0.2) is 45.3 Å². The van der Waals surface area contributed by atoms with Crippen LogP contribution in [0.5, 0.6) is 0 Å². The number of carbonyl (C=O) groups excluding carboxylic acids is 1. The van der Waals surface area contributed by atoms with E-state index in [1.54, 1.807) is 18.3 Å². The Balaban J connectivity index is -0.000000221. The number of aromatic nitrogens is 2. The fourth-order valence-electron chi connectivity index (χ4n) is 2.69. The number of thiol groups is 1. The molecule has 2 heterocycles. The number of anilines is 2. The van der Waals surface area contributed by atoms with Gasteiger partial charge in [-0.05, 0) is 103 Å². The lowest BCUT2D eigenvalue weighted by Crippen LogP contribution is -2.05. The van der Waals surface area contributed by atoms with Crippen molar-refractivity contribution >= 4 is 65.1 Å². The molecule has 0 atom stereocenters. The largest absolute Gasteiger partial charge is 0.479 e. The van der Waals surface area contributed by atoms with Crippen molar-refractivity contribution in [2.24, 2.45) is 21.5 Å². The summed E-state index contributed by atoms with van der Waals surface area (Å²) in [6.07, 6.45) is 5.64. The summed E-state index contributed by atoms with van der Waals surface area (Å²) in [4.78, 5) is 21.0. The fraction of sp³-hybridized carbons (Fsp3) is 0.129. The van der Waals surface area contributed by atoms with Gasteiger partial charge < -0.3 is 23.9 Å². The van der Waals surface area contributed by atoms with Gasteiger partial charge in [0.2, 0.25) is 11.1 Å². The van der Waals surface area contributed by atoms with Crippen LogP contribution in [0.25, 0.3) is 10.6 Å². The van der Waals surface area contributed by atoms with Crippen LogP contribution in [0.2, 0.25) is 0 Å². The third kappa shape index (κ3) is 17.2. The first-order valence-electron chi connectivity index (χ1n) is 12.2. The Hall–Kier alpha value is -5.96. The van der Waals surface area contributed by atoms with Crippen molar-refractivity contribution in [2.75, 3.05) is 11.1 Å². The number of aryl methyl sites for hydroxylation is 1. The summed E-state index contributed by atoms with van der Waals surface area (Å²) in [6, 6.07) is 7.81. The maximum Gasteiger partial charge on any atom is 0.224 e. The predicted molar refractivity (Wildman–Crippen MR) is 197 cm³/mol.